The zero-order valence-corrected chi connectivity index (χ0v) is 21.8. The van der Waals surface area contributed by atoms with E-state index < -0.39 is 29.9 Å². The van der Waals surface area contributed by atoms with E-state index in [-0.39, 0.29) is 22.6 Å². The molecule has 3 rings (SSSR count). The van der Waals surface area contributed by atoms with Crippen LogP contribution in [0.1, 0.15) is 30.0 Å². The van der Waals surface area contributed by atoms with Crippen molar-refractivity contribution < 1.29 is 36.2 Å². The second-order valence-corrected chi connectivity index (χ2v) is 9.15. The molecule has 2 heterocycles. The molecule has 0 aliphatic rings. The van der Waals surface area contributed by atoms with Gasteiger partial charge < -0.3 is 14.8 Å². The van der Waals surface area contributed by atoms with Gasteiger partial charge in [-0.15, -0.1) is 0 Å². The molecule has 0 saturated heterocycles. The zero-order chi connectivity index (χ0) is 28.1. The lowest BCUT2D eigenvalue weighted by Gasteiger charge is -2.25. The molecule has 3 aromatic rings. The predicted octanol–water partition coefficient (Wildman–Crippen LogP) is 6.51. The Bertz CT molecular complexity index is 1310. The van der Waals surface area contributed by atoms with Crippen LogP contribution in [0.2, 0.25) is 0 Å². The molecule has 1 unspecified atom stereocenters. The van der Waals surface area contributed by atoms with Gasteiger partial charge in [-0.2, -0.15) is 22.0 Å². The number of anilines is 2. The fraction of sp³-hybridized carbons (Fsp3) is 0.292. The van der Waals surface area contributed by atoms with Crippen molar-refractivity contribution in [2.75, 3.05) is 18.2 Å². The van der Waals surface area contributed by atoms with Gasteiger partial charge >= 0.3 is 18.1 Å². The largest absolute Gasteiger partial charge is 0.462 e. The summed E-state index contributed by atoms with van der Waals surface area (Å²) in [4.78, 5) is 23.3. The molecule has 1 atom stereocenters. The number of rotatable bonds is 8. The molecular weight excluding hydrogens is 551 g/mol. The third-order valence-electron chi connectivity index (χ3n) is 4.93. The van der Waals surface area contributed by atoms with E-state index in [2.05, 4.69) is 25.0 Å². The Morgan fingerprint density at radius 2 is 1.84 bits per heavy atom. The third kappa shape index (κ3) is 7.13. The smallest absolute Gasteiger partial charge is 0.433 e. The first-order chi connectivity index (χ1) is 17.8. The van der Waals surface area contributed by atoms with Crippen molar-refractivity contribution in [1.82, 2.24) is 15.0 Å². The lowest BCUT2D eigenvalue weighted by molar-refractivity contribution is -0.187. The van der Waals surface area contributed by atoms with Crippen molar-refractivity contribution in [3.63, 3.8) is 0 Å². The van der Waals surface area contributed by atoms with Crippen LogP contribution < -0.4 is 5.32 Å². The van der Waals surface area contributed by atoms with Gasteiger partial charge in [0.25, 0.3) is 0 Å². The lowest BCUT2D eigenvalue weighted by Crippen LogP contribution is -2.39. The maximum Gasteiger partial charge on any atom is 0.433 e. The molecule has 0 fully saturated rings. The van der Waals surface area contributed by atoms with Gasteiger partial charge in [0.15, 0.2) is 0 Å². The molecule has 202 valence electrons. The molecule has 0 bridgehead atoms. The number of benzene rings is 1. The monoisotopic (exact) mass is 572 g/mol. The maximum absolute atomic E-state index is 14.9. The standard InChI is InChI=1S/C24H21F5N4O3S2/c1-4-35-20(34)23(25,26)19(36-22(37)38-3)17-6-5-14(12-31-17)15-9-13(2)10-16(11-15)32-21-30-8-7-18(33-21)24(27,28)29/h5-12,19H,4H2,1-3H3,(H,30,32,33). The fourth-order valence-electron chi connectivity index (χ4n) is 3.26. The number of thiocarbonyl (C=S) groups is 1. The molecule has 14 heteroatoms. The van der Waals surface area contributed by atoms with Gasteiger partial charge in [-0.3, -0.25) is 4.98 Å². The van der Waals surface area contributed by atoms with Crippen LogP contribution in [-0.4, -0.2) is 44.1 Å². The van der Waals surface area contributed by atoms with Crippen LogP contribution in [-0.2, 0) is 20.4 Å². The number of aryl methyl sites for hydroxylation is 1. The molecule has 0 spiro atoms. The van der Waals surface area contributed by atoms with Crippen molar-refractivity contribution in [2.45, 2.75) is 32.1 Å². The number of carbonyl (C=O) groups is 1. The molecule has 1 aromatic carbocycles. The highest BCUT2D eigenvalue weighted by Crippen LogP contribution is 2.37. The van der Waals surface area contributed by atoms with Gasteiger partial charge in [-0.25, -0.2) is 14.8 Å². The van der Waals surface area contributed by atoms with E-state index in [0.29, 0.717) is 16.8 Å². The molecule has 0 saturated carbocycles. The highest BCUT2D eigenvalue weighted by atomic mass is 32.2. The third-order valence-corrected chi connectivity index (χ3v) is 5.95. The van der Waals surface area contributed by atoms with Crippen molar-refractivity contribution in [3.8, 4) is 11.1 Å². The summed E-state index contributed by atoms with van der Waals surface area (Å²) in [5.74, 6) is -6.10. The quantitative estimate of drug-likeness (QED) is 0.184. The number of aromatic nitrogens is 3. The summed E-state index contributed by atoms with van der Waals surface area (Å²) in [6.45, 7) is 2.90. The predicted molar refractivity (Wildman–Crippen MR) is 136 cm³/mol. The molecule has 2 aromatic heterocycles. The summed E-state index contributed by atoms with van der Waals surface area (Å²) in [6.07, 6.45) is -2.93. The van der Waals surface area contributed by atoms with Gasteiger partial charge in [0, 0.05) is 23.6 Å². The van der Waals surface area contributed by atoms with Gasteiger partial charge in [0.1, 0.15) is 5.69 Å². The number of hydrogen-bond acceptors (Lipinski definition) is 9. The summed E-state index contributed by atoms with van der Waals surface area (Å²) in [7, 11) is 0. The number of alkyl halides is 5. The summed E-state index contributed by atoms with van der Waals surface area (Å²) >= 11 is 5.82. The van der Waals surface area contributed by atoms with Crippen molar-refractivity contribution in [3.05, 3.63) is 65.7 Å². The Morgan fingerprint density at radius 3 is 2.45 bits per heavy atom. The highest BCUT2D eigenvalue weighted by Gasteiger charge is 2.52. The molecule has 38 heavy (non-hydrogen) atoms. The highest BCUT2D eigenvalue weighted by molar-refractivity contribution is 8.22. The van der Waals surface area contributed by atoms with E-state index in [1.165, 1.54) is 31.5 Å². The minimum Gasteiger partial charge on any atom is -0.462 e. The van der Waals surface area contributed by atoms with Gasteiger partial charge in [0.2, 0.25) is 16.4 Å². The number of pyridine rings is 1. The molecule has 1 N–H and O–H groups in total. The van der Waals surface area contributed by atoms with Crippen molar-refractivity contribution in [2.24, 2.45) is 0 Å². The second kappa shape index (κ2) is 12.0. The van der Waals surface area contributed by atoms with Crippen LogP contribution >= 0.6 is 24.0 Å². The van der Waals surface area contributed by atoms with E-state index in [9.17, 15) is 26.7 Å². The van der Waals surface area contributed by atoms with Gasteiger partial charge in [-0.05, 0) is 67.7 Å². The van der Waals surface area contributed by atoms with E-state index in [1.54, 1.807) is 25.1 Å². The number of nitrogens with zero attached hydrogens (tertiary/aromatic N) is 3. The Morgan fingerprint density at radius 1 is 1.11 bits per heavy atom. The number of thioether (sulfide) groups is 1. The fourth-order valence-corrected chi connectivity index (χ4v) is 3.55. The zero-order valence-electron chi connectivity index (χ0n) is 20.2. The van der Waals surface area contributed by atoms with Gasteiger partial charge in [-0.1, -0.05) is 23.9 Å². The molecule has 7 nitrogen and oxygen atoms in total. The van der Waals surface area contributed by atoms with Crippen LogP contribution in [0.4, 0.5) is 33.6 Å². The normalized spacial score (nSPS) is 12.5. The topological polar surface area (TPSA) is 86.2 Å². The summed E-state index contributed by atoms with van der Waals surface area (Å²) < 4.78 is 78.2. The number of hydrogen-bond donors (Lipinski definition) is 1. The Hall–Kier alpha value is -3.39. The SMILES string of the molecule is CCOC(=O)C(F)(F)C(OC(=S)SC)c1ccc(-c2cc(C)cc(Nc3nccc(C(F)(F)F)n3)c2)cn1. The molecule has 0 radical (unpaired) electrons. The number of nitrogens with one attached hydrogen (secondary N) is 1. The number of esters is 1. The lowest BCUT2D eigenvalue weighted by atomic mass is 10.0. The number of ether oxygens (including phenoxy) is 2. The van der Waals surface area contributed by atoms with Crippen LogP contribution in [0, 0.1) is 6.92 Å². The average molecular weight is 573 g/mol. The molecular formula is C24H21F5N4O3S2. The maximum atomic E-state index is 14.9. The average Bonchev–Trinajstić information content (AvgIpc) is 2.86. The summed E-state index contributed by atoms with van der Waals surface area (Å²) in [5.41, 5.74) is 0.848. The Balaban J connectivity index is 1.91. The van der Waals surface area contributed by atoms with E-state index >= 15 is 0 Å². The Kier molecular flexibility index (Phi) is 9.20. The van der Waals surface area contributed by atoms with E-state index in [1.807, 2.05) is 0 Å². The minimum absolute atomic E-state index is 0.212. The minimum atomic E-state index is -4.63. The molecule has 0 aliphatic heterocycles. The van der Waals surface area contributed by atoms with Gasteiger partial charge in [0.05, 0.1) is 12.3 Å². The first-order valence-electron chi connectivity index (χ1n) is 10.9. The first-order valence-corrected chi connectivity index (χ1v) is 12.5. The second-order valence-electron chi connectivity index (χ2n) is 7.74. The van der Waals surface area contributed by atoms with E-state index in [0.717, 1.165) is 29.6 Å². The molecule has 0 amide bonds. The molecule has 0 aliphatic carbocycles. The Labute approximate surface area is 224 Å². The summed E-state index contributed by atoms with van der Waals surface area (Å²) in [5, 5.41) is 2.74. The van der Waals surface area contributed by atoms with Crippen molar-refractivity contribution >= 4 is 46.0 Å². The first kappa shape index (κ1) is 29.2. The van der Waals surface area contributed by atoms with Crippen molar-refractivity contribution in [1.29, 1.82) is 0 Å². The number of halogens is 5. The van der Waals surface area contributed by atoms with Crippen LogP contribution in [0.25, 0.3) is 11.1 Å². The summed E-state index contributed by atoms with van der Waals surface area (Å²) in [6, 6.07) is 8.55. The van der Waals surface area contributed by atoms with Crippen LogP contribution in [0.5, 0.6) is 0 Å². The van der Waals surface area contributed by atoms with E-state index in [4.69, 9.17) is 17.0 Å². The number of carbonyl (C=O) groups excluding carboxylic acids is 1. The van der Waals surface area contributed by atoms with Crippen LogP contribution in [0.15, 0.2) is 48.8 Å². The van der Waals surface area contributed by atoms with Crippen LogP contribution in [0.3, 0.4) is 0 Å².